The first-order valence-corrected chi connectivity index (χ1v) is 22.6. The van der Waals surface area contributed by atoms with Gasteiger partial charge >= 0.3 is 0 Å². The minimum atomic E-state index is -0.510. The Labute approximate surface area is 380 Å². The van der Waals surface area contributed by atoms with Gasteiger partial charge in [-0.15, -0.1) is 0 Å². The van der Waals surface area contributed by atoms with Crippen molar-refractivity contribution in [3.8, 4) is 27.9 Å². The van der Waals surface area contributed by atoms with Crippen LogP contribution in [0.4, 0.5) is 0 Å². The number of para-hydroxylation sites is 1. The van der Waals surface area contributed by atoms with Crippen molar-refractivity contribution in [3.05, 3.63) is 275 Å². The fourth-order valence-electron chi connectivity index (χ4n) is 10.6. The molecule has 12 rings (SSSR count). The molecule has 2 heterocycles. The molecule has 0 saturated heterocycles. The monoisotopic (exact) mass is 831 g/mol. The van der Waals surface area contributed by atoms with E-state index < -0.39 is 5.41 Å². The third-order valence-electron chi connectivity index (χ3n) is 13.8. The predicted molar refractivity (Wildman–Crippen MR) is 271 cm³/mol. The van der Waals surface area contributed by atoms with E-state index in [1.54, 1.807) is 0 Å². The number of hydrogen-bond acceptors (Lipinski definition) is 2. The minimum absolute atomic E-state index is 0.0103. The van der Waals surface area contributed by atoms with E-state index in [2.05, 4.69) is 249 Å². The van der Waals surface area contributed by atoms with Gasteiger partial charge in [0.2, 0.25) is 0 Å². The van der Waals surface area contributed by atoms with Crippen LogP contribution in [0.2, 0.25) is 0 Å². The highest BCUT2D eigenvalue weighted by atomic mass is 15.0. The number of aliphatic imine (C=N–C) groups is 2. The summed E-state index contributed by atoms with van der Waals surface area (Å²) in [5.74, 6) is 0.715. The van der Waals surface area contributed by atoms with Gasteiger partial charge in [-0.1, -0.05) is 201 Å². The number of fused-ring (bicyclic) bond motifs is 6. The minimum Gasteiger partial charge on any atom is -0.309 e. The zero-order chi connectivity index (χ0) is 43.5. The molecule has 65 heavy (non-hydrogen) atoms. The molecule has 0 radical (unpaired) electrons. The molecule has 0 bridgehead atoms. The zero-order valence-electron chi connectivity index (χ0n) is 36.4. The van der Waals surface area contributed by atoms with Crippen LogP contribution >= 0.6 is 0 Å². The first kappa shape index (κ1) is 38.5. The Morgan fingerprint density at radius 3 is 1.74 bits per heavy atom. The van der Waals surface area contributed by atoms with E-state index in [-0.39, 0.29) is 5.92 Å². The van der Waals surface area contributed by atoms with Crippen LogP contribution in [0.3, 0.4) is 0 Å². The van der Waals surface area contributed by atoms with Gasteiger partial charge in [0, 0.05) is 33.5 Å². The molecule has 9 aromatic carbocycles. The summed E-state index contributed by atoms with van der Waals surface area (Å²) in [5.41, 5.74) is 19.1. The van der Waals surface area contributed by atoms with Gasteiger partial charge in [0.1, 0.15) is 0 Å². The number of aromatic nitrogens is 1. The average Bonchev–Trinajstić information content (AvgIpc) is 3.81. The molecule has 1 aromatic heterocycles. The fourth-order valence-corrected chi connectivity index (χ4v) is 10.6. The Morgan fingerprint density at radius 2 is 1.00 bits per heavy atom. The van der Waals surface area contributed by atoms with Crippen molar-refractivity contribution in [2.75, 3.05) is 0 Å². The van der Waals surface area contributed by atoms with Crippen molar-refractivity contribution < 1.29 is 0 Å². The van der Waals surface area contributed by atoms with Gasteiger partial charge in [0.15, 0.2) is 5.84 Å². The standard InChI is InChI=1S/C62H45N3/c1-41-42(2)60(64-61(63-59(41)44-23-9-4-10-24-44)47-27-19-25-45(37-47)43-21-7-3-8-22-43)46-26-20-32-50(38-46)65-57-36-18-16-34-52(57)54-39-53-51-33-15-17-35-55(51)62(56(53)40-58(54)65,48-28-11-5-12-29-48)49-30-13-6-14-31-49/h3-41H,1-2H3. The molecular formula is C62H45N3. The van der Waals surface area contributed by atoms with Gasteiger partial charge in [-0.2, -0.15) is 0 Å². The molecule has 0 fully saturated rings. The van der Waals surface area contributed by atoms with Gasteiger partial charge in [-0.05, 0) is 99.0 Å². The summed E-state index contributed by atoms with van der Waals surface area (Å²) < 4.78 is 2.47. The number of amidine groups is 1. The third-order valence-corrected chi connectivity index (χ3v) is 13.8. The fraction of sp³-hybridized carbons (Fsp3) is 0.0645. The number of rotatable bonds is 7. The van der Waals surface area contributed by atoms with Crippen molar-refractivity contribution in [3.63, 3.8) is 0 Å². The third kappa shape index (κ3) is 6.19. The Balaban J connectivity index is 1.08. The summed E-state index contributed by atoms with van der Waals surface area (Å²) in [5, 5.41) is 2.46. The molecule has 1 atom stereocenters. The normalized spacial score (nSPS) is 15.3. The van der Waals surface area contributed by atoms with E-state index in [4.69, 9.17) is 9.98 Å². The highest BCUT2D eigenvalue weighted by Crippen LogP contribution is 2.57. The summed E-state index contributed by atoms with van der Waals surface area (Å²) in [6, 6.07) is 83.7. The molecule has 3 nitrogen and oxygen atoms in total. The molecule has 10 aromatic rings. The number of allylic oxidation sites excluding steroid dienone is 1. The number of benzene rings is 9. The van der Waals surface area contributed by atoms with Crippen molar-refractivity contribution >= 4 is 39.1 Å². The van der Waals surface area contributed by atoms with Crippen LogP contribution in [0.15, 0.2) is 246 Å². The van der Waals surface area contributed by atoms with Crippen LogP contribution in [-0.4, -0.2) is 16.1 Å². The Kier molecular flexibility index (Phi) is 9.24. The van der Waals surface area contributed by atoms with Gasteiger partial charge in [-0.25, -0.2) is 9.98 Å². The van der Waals surface area contributed by atoms with E-state index in [1.807, 2.05) is 0 Å². The second-order valence-corrected chi connectivity index (χ2v) is 17.3. The van der Waals surface area contributed by atoms with Crippen molar-refractivity contribution in [2.45, 2.75) is 19.3 Å². The van der Waals surface area contributed by atoms with Crippen LogP contribution in [0, 0.1) is 5.92 Å². The molecule has 0 amide bonds. The average molecular weight is 832 g/mol. The van der Waals surface area contributed by atoms with E-state index in [0.717, 1.165) is 50.4 Å². The maximum absolute atomic E-state index is 5.56. The number of hydrogen-bond donors (Lipinski definition) is 0. The summed E-state index contributed by atoms with van der Waals surface area (Å²) >= 11 is 0. The first-order valence-electron chi connectivity index (χ1n) is 22.6. The first-order chi connectivity index (χ1) is 32.1. The van der Waals surface area contributed by atoms with Crippen molar-refractivity contribution in [1.82, 2.24) is 4.57 Å². The summed E-state index contributed by atoms with van der Waals surface area (Å²) in [4.78, 5) is 11.0. The van der Waals surface area contributed by atoms with Gasteiger partial charge in [-0.3, -0.25) is 0 Å². The molecule has 1 aliphatic carbocycles. The van der Waals surface area contributed by atoms with Crippen LogP contribution in [-0.2, 0) is 5.41 Å². The largest absolute Gasteiger partial charge is 0.309 e. The van der Waals surface area contributed by atoms with E-state index >= 15 is 0 Å². The number of nitrogens with zero attached hydrogens (tertiary/aromatic N) is 3. The molecule has 1 aliphatic heterocycles. The summed E-state index contributed by atoms with van der Waals surface area (Å²) in [6.45, 7) is 4.49. The highest BCUT2D eigenvalue weighted by Gasteiger charge is 2.46. The maximum atomic E-state index is 5.56. The SMILES string of the molecule is CC1=C(c2cccc(-n3c4ccccc4c4cc5c(cc43)C(c3ccccc3)(c3ccccc3)c3ccccc3-5)c2)N=C(c2cccc(-c3ccccc3)c2)N=C(c2ccccc2)C1C. The smallest absolute Gasteiger partial charge is 0.160 e. The van der Waals surface area contributed by atoms with Crippen molar-refractivity contribution in [1.29, 1.82) is 0 Å². The maximum Gasteiger partial charge on any atom is 0.160 e. The van der Waals surface area contributed by atoms with Crippen LogP contribution in [0.25, 0.3) is 55.4 Å². The molecule has 308 valence electrons. The lowest BCUT2D eigenvalue weighted by Gasteiger charge is -2.34. The Bertz CT molecular complexity index is 3500. The lowest BCUT2D eigenvalue weighted by Crippen LogP contribution is -2.28. The highest BCUT2D eigenvalue weighted by molar-refractivity contribution is 6.17. The summed E-state index contributed by atoms with van der Waals surface area (Å²) in [7, 11) is 0. The molecule has 0 saturated carbocycles. The Morgan fingerprint density at radius 1 is 0.415 bits per heavy atom. The Hall–Kier alpha value is -8.14. The van der Waals surface area contributed by atoms with Gasteiger partial charge in [0.25, 0.3) is 0 Å². The van der Waals surface area contributed by atoms with Gasteiger partial charge < -0.3 is 4.57 Å². The molecular weight excluding hydrogens is 787 g/mol. The molecule has 1 unspecified atom stereocenters. The van der Waals surface area contributed by atoms with Crippen molar-refractivity contribution in [2.24, 2.45) is 15.9 Å². The summed E-state index contributed by atoms with van der Waals surface area (Å²) in [6.07, 6.45) is 0. The molecule has 2 aliphatic rings. The quantitative estimate of drug-likeness (QED) is 0.153. The second kappa shape index (κ2) is 15.6. The predicted octanol–water partition coefficient (Wildman–Crippen LogP) is 15.1. The lowest BCUT2D eigenvalue weighted by molar-refractivity contribution is 0.769. The lowest BCUT2D eigenvalue weighted by atomic mass is 9.67. The van der Waals surface area contributed by atoms with E-state index in [1.165, 1.54) is 55.2 Å². The van der Waals surface area contributed by atoms with Crippen LogP contribution < -0.4 is 0 Å². The van der Waals surface area contributed by atoms with Crippen LogP contribution in [0.1, 0.15) is 52.8 Å². The van der Waals surface area contributed by atoms with Gasteiger partial charge in [0.05, 0.1) is 27.9 Å². The second-order valence-electron chi connectivity index (χ2n) is 17.3. The van der Waals surface area contributed by atoms with Crippen LogP contribution in [0.5, 0.6) is 0 Å². The van der Waals surface area contributed by atoms with E-state index in [9.17, 15) is 0 Å². The molecule has 0 spiro atoms. The molecule has 3 heteroatoms. The topological polar surface area (TPSA) is 29.6 Å². The van der Waals surface area contributed by atoms with E-state index in [0.29, 0.717) is 5.84 Å². The molecule has 0 N–H and O–H groups in total. The zero-order valence-corrected chi connectivity index (χ0v) is 36.4.